The summed E-state index contributed by atoms with van der Waals surface area (Å²) in [5.74, 6) is 0.614. The van der Waals surface area contributed by atoms with Crippen molar-refractivity contribution < 1.29 is 4.79 Å². The molecule has 0 aliphatic rings. The van der Waals surface area contributed by atoms with Crippen molar-refractivity contribution in [2.45, 2.75) is 45.1 Å². The van der Waals surface area contributed by atoms with Gasteiger partial charge in [0, 0.05) is 25.7 Å². The van der Waals surface area contributed by atoms with Gasteiger partial charge < -0.3 is 5.32 Å². The maximum absolute atomic E-state index is 12.7. The molecule has 2 aromatic heterocycles. The smallest absolute Gasteiger partial charge is 0.251 e. The van der Waals surface area contributed by atoms with Gasteiger partial charge in [-0.25, -0.2) is 0 Å². The minimum absolute atomic E-state index is 0.132. The largest absolute Gasteiger partial charge is 0.345 e. The Bertz CT molecular complexity index is 1530. The monoisotopic (exact) mass is 607 g/mol. The van der Waals surface area contributed by atoms with Gasteiger partial charge in [0.05, 0.1) is 6.54 Å². The number of amides is 1. The zero-order valence-corrected chi connectivity index (χ0v) is 24.2. The molecule has 0 saturated carbocycles. The molecule has 0 aliphatic heterocycles. The summed E-state index contributed by atoms with van der Waals surface area (Å²) >= 11 is 11.8. The number of nitrogens with one attached hydrogen (secondary N) is 2. The molecule has 38 heavy (non-hydrogen) atoms. The zero-order valence-electron chi connectivity index (χ0n) is 21.0. The number of hydrogen-bond acceptors (Lipinski definition) is 5. The third-order valence-electron chi connectivity index (χ3n) is 6.77. The van der Waals surface area contributed by atoms with Crippen molar-refractivity contribution in [3.8, 4) is 0 Å². The molecule has 0 bridgehead atoms. The number of hydrogen-bond donors (Lipinski definition) is 2. The third-order valence-corrected chi connectivity index (χ3v) is 8.95. The molecule has 194 valence electrons. The molecule has 2 heterocycles. The Morgan fingerprint density at radius 1 is 1.11 bits per heavy atom. The van der Waals surface area contributed by atoms with Gasteiger partial charge in [0.1, 0.15) is 0 Å². The number of aromatic amines is 1. The number of benzene rings is 3. The average molecular weight is 609 g/mol. The molecule has 9 heteroatoms. The van der Waals surface area contributed by atoms with Crippen LogP contribution in [0.1, 0.15) is 70.0 Å². The predicted molar refractivity (Wildman–Crippen MR) is 157 cm³/mol. The van der Waals surface area contributed by atoms with Gasteiger partial charge in [-0.15, -0.1) is 21.5 Å². The van der Waals surface area contributed by atoms with Crippen LogP contribution in [-0.2, 0) is 6.54 Å². The Morgan fingerprint density at radius 2 is 1.84 bits per heavy atom. The highest BCUT2D eigenvalue weighted by Gasteiger charge is 2.29. The Labute approximate surface area is 238 Å². The van der Waals surface area contributed by atoms with E-state index in [-0.39, 0.29) is 24.3 Å². The highest BCUT2D eigenvalue weighted by atomic mass is 79.9. The molecule has 0 spiro atoms. The normalized spacial score (nSPS) is 12.9. The van der Waals surface area contributed by atoms with E-state index in [2.05, 4.69) is 97.5 Å². The second-order valence-corrected chi connectivity index (χ2v) is 11.5. The summed E-state index contributed by atoms with van der Waals surface area (Å²) < 4.78 is 2.38. The Hall–Kier alpha value is -3.07. The summed E-state index contributed by atoms with van der Waals surface area (Å²) in [5.41, 5.74) is 5.56. The number of aryl methyl sites for hydroxylation is 1. The number of thiophene rings is 1. The quantitative estimate of drug-likeness (QED) is 0.179. The van der Waals surface area contributed by atoms with Gasteiger partial charge in [-0.3, -0.25) is 4.79 Å². The number of nitrogens with zero attached hydrogens (tertiary/aromatic N) is 3. The van der Waals surface area contributed by atoms with Crippen molar-refractivity contribution in [1.29, 1.82) is 0 Å². The second kappa shape index (κ2) is 11.8. The van der Waals surface area contributed by atoms with E-state index >= 15 is 0 Å². The van der Waals surface area contributed by atoms with Crippen LogP contribution in [0.25, 0.3) is 10.1 Å². The SMILES string of the molecule is CCC[C@H](c1ccc(C(=O)NCc2nn[nH]n2)cc1)C(c1ccc(Cl)cc1)c1csc2c(Br)cc(C)cc12. The highest BCUT2D eigenvalue weighted by molar-refractivity contribution is 9.10. The van der Waals surface area contributed by atoms with Crippen LogP contribution in [0.4, 0.5) is 0 Å². The van der Waals surface area contributed by atoms with Gasteiger partial charge in [0.15, 0.2) is 5.82 Å². The van der Waals surface area contributed by atoms with Crippen LogP contribution in [0.15, 0.2) is 70.5 Å². The summed E-state index contributed by atoms with van der Waals surface area (Å²) in [5, 5.41) is 20.8. The molecule has 6 nitrogen and oxygen atoms in total. The zero-order chi connectivity index (χ0) is 26.6. The second-order valence-electron chi connectivity index (χ2n) is 9.37. The molecule has 3 aromatic carbocycles. The Morgan fingerprint density at radius 3 is 2.53 bits per heavy atom. The fourth-order valence-electron chi connectivity index (χ4n) is 5.03. The first-order valence-electron chi connectivity index (χ1n) is 12.5. The summed E-state index contributed by atoms with van der Waals surface area (Å²) in [4.78, 5) is 12.7. The fraction of sp³-hybridized carbons (Fsp3) is 0.241. The van der Waals surface area contributed by atoms with Crippen molar-refractivity contribution in [2.24, 2.45) is 0 Å². The van der Waals surface area contributed by atoms with E-state index in [9.17, 15) is 4.79 Å². The lowest BCUT2D eigenvalue weighted by Gasteiger charge is -2.29. The van der Waals surface area contributed by atoms with Crippen molar-refractivity contribution in [3.05, 3.63) is 109 Å². The van der Waals surface area contributed by atoms with E-state index in [4.69, 9.17) is 11.6 Å². The van der Waals surface area contributed by atoms with Crippen LogP contribution < -0.4 is 5.32 Å². The number of rotatable bonds is 9. The minimum Gasteiger partial charge on any atom is -0.345 e. The molecule has 5 aromatic rings. The first-order valence-corrected chi connectivity index (χ1v) is 14.5. The van der Waals surface area contributed by atoms with Crippen LogP contribution in [0.3, 0.4) is 0 Å². The van der Waals surface area contributed by atoms with Gasteiger partial charge in [-0.1, -0.05) is 60.5 Å². The van der Waals surface area contributed by atoms with Crippen molar-refractivity contribution >= 4 is 54.9 Å². The number of tetrazole rings is 1. The third kappa shape index (κ3) is 5.67. The lowest BCUT2D eigenvalue weighted by Crippen LogP contribution is -2.23. The number of fused-ring (bicyclic) bond motifs is 1. The molecule has 0 saturated heterocycles. The van der Waals surface area contributed by atoms with E-state index < -0.39 is 0 Å². The van der Waals surface area contributed by atoms with Crippen LogP contribution in [0.2, 0.25) is 5.02 Å². The molecular formula is C29H27BrClN5OS. The summed E-state index contributed by atoms with van der Waals surface area (Å²) in [6.45, 7) is 4.57. The predicted octanol–water partition coefficient (Wildman–Crippen LogP) is 7.78. The van der Waals surface area contributed by atoms with Gasteiger partial charge in [-0.2, -0.15) is 5.21 Å². The number of aromatic nitrogens is 4. The lowest BCUT2D eigenvalue weighted by atomic mass is 9.75. The van der Waals surface area contributed by atoms with Crippen molar-refractivity contribution in [2.75, 3.05) is 0 Å². The van der Waals surface area contributed by atoms with Crippen LogP contribution >= 0.6 is 38.9 Å². The molecule has 2 atom stereocenters. The minimum atomic E-state index is -0.174. The lowest BCUT2D eigenvalue weighted by molar-refractivity contribution is 0.0950. The number of H-pyrrole nitrogens is 1. The number of carbonyl (C=O) groups excluding carboxylic acids is 1. The van der Waals surface area contributed by atoms with E-state index in [0.29, 0.717) is 11.4 Å². The standard InChI is InChI=1S/C29H27BrClN5OS/c1-3-4-22(18-5-7-20(8-6-18)29(37)32-15-26-33-35-36-34-26)27(19-9-11-21(31)12-10-19)24-16-38-28-23(24)13-17(2)14-25(28)30/h5-14,16,22,27H,3-4,15H2,1-2H3,(H,32,37)(H,33,34,35,36)/t22-,27?/m1/s1. The van der Waals surface area contributed by atoms with Gasteiger partial charge in [0.2, 0.25) is 0 Å². The first kappa shape index (κ1) is 26.5. The maximum atomic E-state index is 12.7. The Kier molecular flexibility index (Phi) is 8.21. The molecule has 2 N–H and O–H groups in total. The van der Waals surface area contributed by atoms with Crippen LogP contribution in [0.5, 0.6) is 0 Å². The topological polar surface area (TPSA) is 83.6 Å². The summed E-state index contributed by atoms with van der Waals surface area (Å²) in [6, 6.07) is 20.7. The fourth-order valence-corrected chi connectivity index (χ4v) is 7.00. The van der Waals surface area contributed by atoms with Gasteiger partial charge in [0.25, 0.3) is 5.91 Å². The first-order chi connectivity index (χ1) is 18.4. The number of carbonyl (C=O) groups is 1. The van der Waals surface area contributed by atoms with E-state index in [1.165, 1.54) is 32.3 Å². The van der Waals surface area contributed by atoms with Crippen LogP contribution in [-0.4, -0.2) is 26.5 Å². The van der Waals surface area contributed by atoms with Crippen molar-refractivity contribution in [1.82, 2.24) is 25.9 Å². The molecule has 0 radical (unpaired) electrons. The summed E-state index contributed by atoms with van der Waals surface area (Å²) in [7, 11) is 0. The van der Waals surface area contributed by atoms with Gasteiger partial charge >= 0.3 is 0 Å². The molecule has 1 unspecified atom stereocenters. The molecule has 0 aliphatic carbocycles. The highest BCUT2D eigenvalue weighted by Crippen LogP contribution is 2.47. The molecule has 0 fully saturated rings. The molecule has 5 rings (SSSR count). The number of halogens is 2. The van der Waals surface area contributed by atoms with Crippen LogP contribution in [0, 0.1) is 6.92 Å². The maximum Gasteiger partial charge on any atom is 0.251 e. The molecule has 1 amide bonds. The van der Waals surface area contributed by atoms with Gasteiger partial charge in [-0.05, 0) is 98.5 Å². The Balaban J connectivity index is 1.52. The average Bonchev–Trinajstić information content (AvgIpc) is 3.59. The summed E-state index contributed by atoms with van der Waals surface area (Å²) in [6.07, 6.45) is 2.04. The van der Waals surface area contributed by atoms with Crippen molar-refractivity contribution in [3.63, 3.8) is 0 Å². The van der Waals surface area contributed by atoms with E-state index in [1.54, 1.807) is 11.3 Å². The van der Waals surface area contributed by atoms with E-state index in [1.807, 2.05) is 24.3 Å². The molecular weight excluding hydrogens is 582 g/mol. The van der Waals surface area contributed by atoms with E-state index in [0.717, 1.165) is 22.3 Å².